The quantitative estimate of drug-likeness (QED) is 0.633. The molecule has 72 valence electrons. The molecule has 2 fully saturated rings. The van der Waals surface area contributed by atoms with E-state index in [1.807, 2.05) is 0 Å². The fourth-order valence-electron chi connectivity index (χ4n) is 3.23. The average Bonchev–Trinajstić information content (AvgIpc) is 2.76. The molecule has 2 saturated carbocycles. The Morgan fingerprint density at radius 1 is 0.846 bits per heavy atom. The molecule has 0 atom stereocenters. The maximum absolute atomic E-state index is 9.20. The van der Waals surface area contributed by atoms with Crippen LogP contribution in [0.15, 0.2) is 0 Å². The molecule has 0 spiro atoms. The van der Waals surface area contributed by atoms with Gasteiger partial charge in [-0.2, -0.15) is 5.26 Å². The molecule has 0 saturated heterocycles. The second-order valence-corrected chi connectivity index (χ2v) is 4.74. The third kappa shape index (κ3) is 1.88. The van der Waals surface area contributed by atoms with Crippen LogP contribution >= 0.6 is 0 Å². The van der Waals surface area contributed by atoms with Crippen LogP contribution in [0.4, 0.5) is 0 Å². The molecule has 0 aromatic heterocycles. The summed E-state index contributed by atoms with van der Waals surface area (Å²) in [7, 11) is 0. The van der Waals surface area contributed by atoms with E-state index in [1.54, 1.807) is 0 Å². The second-order valence-electron chi connectivity index (χ2n) is 4.74. The summed E-state index contributed by atoms with van der Waals surface area (Å²) in [5, 5.41) is 9.20. The summed E-state index contributed by atoms with van der Waals surface area (Å²) in [4.78, 5) is 0. The van der Waals surface area contributed by atoms with Crippen LogP contribution in [0.5, 0.6) is 0 Å². The highest BCUT2D eigenvalue weighted by molar-refractivity contribution is 4.95. The van der Waals surface area contributed by atoms with Gasteiger partial charge in [-0.05, 0) is 37.5 Å². The smallest absolute Gasteiger partial charge is 0.0661 e. The standard InChI is InChI=1S/C12H19N/c13-9-12(10-5-1-2-6-10)11-7-3-4-8-11/h10-12H,1-8H2. The summed E-state index contributed by atoms with van der Waals surface area (Å²) >= 11 is 0. The minimum absolute atomic E-state index is 0.407. The zero-order valence-electron chi connectivity index (χ0n) is 8.34. The average molecular weight is 177 g/mol. The van der Waals surface area contributed by atoms with E-state index in [4.69, 9.17) is 0 Å². The van der Waals surface area contributed by atoms with Crippen molar-refractivity contribution in [3.05, 3.63) is 0 Å². The van der Waals surface area contributed by atoms with Gasteiger partial charge in [0.25, 0.3) is 0 Å². The molecular formula is C12H19N. The molecule has 0 bridgehead atoms. The van der Waals surface area contributed by atoms with Gasteiger partial charge in [-0.25, -0.2) is 0 Å². The maximum Gasteiger partial charge on any atom is 0.0661 e. The van der Waals surface area contributed by atoms with Gasteiger partial charge < -0.3 is 0 Å². The molecule has 2 aliphatic carbocycles. The van der Waals surface area contributed by atoms with E-state index in [2.05, 4.69) is 6.07 Å². The van der Waals surface area contributed by atoms with E-state index in [0.717, 1.165) is 11.8 Å². The Balaban J connectivity index is 1.95. The first kappa shape index (κ1) is 9.06. The van der Waals surface area contributed by atoms with Gasteiger partial charge in [0.15, 0.2) is 0 Å². The molecule has 0 aromatic rings. The Morgan fingerprint density at radius 2 is 1.23 bits per heavy atom. The molecule has 0 aliphatic heterocycles. The van der Waals surface area contributed by atoms with E-state index in [1.165, 1.54) is 51.4 Å². The molecule has 2 rings (SSSR count). The highest BCUT2D eigenvalue weighted by atomic mass is 14.4. The molecule has 13 heavy (non-hydrogen) atoms. The summed E-state index contributed by atoms with van der Waals surface area (Å²) in [6, 6.07) is 2.59. The fraction of sp³-hybridized carbons (Fsp3) is 0.917. The van der Waals surface area contributed by atoms with Gasteiger partial charge in [0, 0.05) is 0 Å². The van der Waals surface area contributed by atoms with Crippen molar-refractivity contribution in [1.29, 1.82) is 5.26 Å². The first-order valence-corrected chi connectivity index (χ1v) is 5.81. The molecule has 0 heterocycles. The zero-order valence-corrected chi connectivity index (χ0v) is 8.34. The first-order valence-electron chi connectivity index (χ1n) is 5.81. The lowest BCUT2D eigenvalue weighted by Crippen LogP contribution is -2.18. The monoisotopic (exact) mass is 177 g/mol. The van der Waals surface area contributed by atoms with Gasteiger partial charge in [-0.3, -0.25) is 0 Å². The molecular weight excluding hydrogens is 158 g/mol. The van der Waals surface area contributed by atoms with Crippen molar-refractivity contribution in [3.63, 3.8) is 0 Å². The van der Waals surface area contributed by atoms with Gasteiger partial charge in [0.05, 0.1) is 12.0 Å². The Labute approximate surface area is 81.1 Å². The lowest BCUT2D eigenvalue weighted by Gasteiger charge is -2.22. The van der Waals surface area contributed by atoms with E-state index in [-0.39, 0.29) is 0 Å². The first-order chi connectivity index (χ1) is 6.42. The van der Waals surface area contributed by atoms with Gasteiger partial charge in [-0.1, -0.05) is 25.7 Å². The zero-order chi connectivity index (χ0) is 9.10. The minimum atomic E-state index is 0.407. The Bertz CT molecular complexity index is 176. The summed E-state index contributed by atoms with van der Waals surface area (Å²) in [5.74, 6) is 1.92. The van der Waals surface area contributed by atoms with Crippen molar-refractivity contribution in [2.75, 3.05) is 0 Å². The van der Waals surface area contributed by atoms with Gasteiger partial charge >= 0.3 is 0 Å². The van der Waals surface area contributed by atoms with E-state index >= 15 is 0 Å². The van der Waals surface area contributed by atoms with Crippen LogP contribution in [0.1, 0.15) is 51.4 Å². The van der Waals surface area contributed by atoms with Crippen LogP contribution in [-0.2, 0) is 0 Å². The van der Waals surface area contributed by atoms with Crippen LogP contribution in [0.25, 0.3) is 0 Å². The van der Waals surface area contributed by atoms with Crippen LogP contribution in [0.3, 0.4) is 0 Å². The van der Waals surface area contributed by atoms with E-state index in [9.17, 15) is 5.26 Å². The fourth-order valence-corrected chi connectivity index (χ4v) is 3.23. The molecule has 1 nitrogen and oxygen atoms in total. The normalized spacial score (nSPS) is 25.5. The van der Waals surface area contributed by atoms with Crippen molar-refractivity contribution in [1.82, 2.24) is 0 Å². The van der Waals surface area contributed by atoms with Crippen LogP contribution < -0.4 is 0 Å². The molecule has 2 aliphatic rings. The Kier molecular flexibility index (Phi) is 2.88. The largest absolute Gasteiger partial charge is 0.198 e. The van der Waals surface area contributed by atoms with Crippen molar-refractivity contribution < 1.29 is 0 Å². The van der Waals surface area contributed by atoms with Crippen LogP contribution in [-0.4, -0.2) is 0 Å². The van der Waals surface area contributed by atoms with Crippen molar-refractivity contribution >= 4 is 0 Å². The van der Waals surface area contributed by atoms with Gasteiger partial charge in [0.1, 0.15) is 0 Å². The third-order valence-electron chi connectivity index (χ3n) is 3.96. The van der Waals surface area contributed by atoms with Crippen molar-refractivity contribution in [2.45, 2.75) is 51.4 Å². The molecule has 0 unspecified atom stereocenters. The summed E-state index contributed by atoms with van der Waals surface area (Å²) in [5.41, 5.74) is 0. The Morgan fingerprint density at radius 3 is 1.54 bits per heavy atom. The van der Waals surface area contributed by atoms with Gasteiger partial charge in [0.2, 0.25) is 0 Å². The number of nitriles is 1. The maximum atomic E-state index is 9.20. The lowest BCUT2D eigenvalue weighted by molar-refractivity contribution is 0.295. The number of nitrogens with zero attached hydrogens (tertiary/aromatic N) is 1. The van der Waals surface area contributed by atoms with E-state index in [0.29, 0.717) is 5.92 Å². The Hall–Kier alpha value is -0.510. The van der Waals surface area contributed by atoms with Gasteiger partial charge in [-0.15, -0.1) is 0 Å². The molecule has 0 aromatic carbocycles. The molecule has 0 amide bonds. The lowest BCUT2D eigenvalue weighted by atomic mass is 9.81. The SMILES string of the molecule is N#CC(C1CCCC1)C1CCCC1. The third-order valence-corrected chi connectivity index (χ3v) is 3.96. The van der Waals surface area contributed by atoms with Crippen molar-refractivity contribution in [2.24, 2.45) is 17.8 Å². The molecule has 1 heteroatoms. The van der Waals surface area contributed by atoms with Crippen molar-refractivity contribution in [3.8, 4) is 6.07 Å². The predicted octanol–water partition coefficient (Wildman–Crippen LogP) is 3.51. The van der Waals surface area contributed by atoms with Crippen LogP contribution in [0, 0.1) is 29.1 Å². The second kappa shape index (κ2) is 4.13. The van der Waals surface area contributed by atoms with E-state index < -0.39 is 0 Å². The highest BCUT2D eigenvalue weighted by Gasteiger charge is 2.32. The predicted molar refractivity (Wildman–Crippen MR) is 53.0 cm³/mol. The summed E-state index contributed by atoms with van der Waals surface area (Å²) in [6.45, 7) is 0. The number of hydrogen-bond donors (Lipinski definition) is 0. The summed E-state index contributed by atoms with van der Waals surface area (Å²) < 4.78 is 0. The highest BCUT2D eigenvalue weighted by Crippen LogP contribution is 2.41. The topological polar surface area (TPSA) is 23.8 Å². The number of hydrogen-bond acceptors (Lipinski definition) is 1. The van der Waals surface area contributed by atoms with Crippen LogP contribution in [0.2, 0.25) is 0 Å². The molecule has 0 radical (unpaired) electrons. The summed E-state index contributed by atoms with van der Waals surface area (Å²) in [6.07, 6.45) is 10.8. The minimum Gasteiger partial charge on any atom is -0.198 e. The number of rotatable bonds is 2. The molecule has 0 N–H and O–H groups in total.